The van der Waals surface area contributed by atoms with Crippen LogP contribution in [0.15, 0.2) is 6.20 Å². The summed E-state index contributed by atoms with van der Waals surface area (Å²) in [5, 5.41) is 18.5. The van der Waals surface area contributed by atoms with Crippen molar-refractivity contribution in [3.63, 3.8) is 0 Å². The SMILES string of the molecule is N#CC1CSCc2cn[nH]c2N1. The molecule has 0 amide bonds. The molecule has 0 aromatic carbocycles. The van der Waals surface area contributed by atoms with Crippen LogP contribution in [0.3, 0.4) is 0 Å². The van der Waals surface area contributed by atoms with Gasteiger partial charge in [0, 0.05) is 17.1 Å². The number of aromatic amines is 1. The zero-order chi connectivity index (χ0) is 8.39. The Bertz CT molecular complexity index is 313. The Morgan fingerprint density at radius 1 is 1.75 bits per heavy atom. The van der Waals surface area contributed by atoms with Gasteiger partial charge in [0.25, 0.3) is 0 Å². The van der Waals surface area contributed by atoms with E-state index in [-0.39, 0.29) is 6.04 Å². The number of nitrogens with one attached hydrogen (secondary N) is 2. The molecule has 12 heavy (non-hydrogen) atoms. The largest absolute Gasteiger partial charge is 0.354 e. The molecule has 4 nitrogen and oxygen atoms in total. The molecule has 2 N–H and O–H groups in total. The fraction of sp³-hybridized carbons (Fsp3) is 0.429. The molecule has 0 radical (unpaired) electrons. The molecule has 1 aromatic rings. The third-order valence-electron chi connectivity index (χ3n) is 1.73. The first-order valence-electron chi connectivity index (χ1n) is 3.66. The lowest BCUT2D eigenvalue weighted by Crippen LogP contribution is -2.18. The molecule has 0 fully saturated rings. The van der Waals surface area contributed by atoms with Gasteiger partial charge < -0.3 is 5.32 Å². The summed E-state index contributed by atoms with van der Waals surface area (Å²) in [4.78, 5) is 0. The van der Waals surface area contributed by atoms with Gasteiger partial charge in [-0.25, -0.2) is 0 Å². The predicted octanol–water partition coefficient (Wildman–Crippen LogP) is 0.961. The molecular weight excluding hydrogens is 172 g/mol. The second kappa shape index (κ2) is 3.07. The van der Waals surface area contributed by atoms with E-state index in [1.54, 1.807) is 18.0 Å². The molecule has 0 saturated carbocycles. The average Bonchev–Trinajstić information content (AvgIpc) is 2.43. The summed E-state index contributed by atoms with van der Waals surface area (Å²) < 4.78 is 0. The van der Waals surface area contributed by atoms with Crippen LogP contribution in [0.4, 0.5) is 5.82 Å². The van der Waals surface area contributed by atoms with E-state index < -0.39 is 0 Å². The third kappa shape index (κ3) is 1.25. The molecule has 1 unspecified atom stereocenters. The lowest BCUT2D eigenvalue weighted by molar-refractivity contribution is 0.991. The van der Waals surface area contributed by atoms with Gasteiger partial charge in [0.1, 0.15) is 11.9 Å². The van der Waals surface area contributed by atoms with E-state index in [0.29, 0.717) is 0 Å². The highest BCUT2D eigenvalue weighted by Gasteiger charge is 2.15. The number of H-pyrrole nitrogens is 1. The summed E-state index contributed by atoms with van der Waals surface area (Å²) in [6, 6.07) is 2.09. The highest BCUT2D eigenvalue weighted by Crippen LogP contribution is 2.23. The number of hydrogen-bond donors (Lipinski definition) is 2. The van der Waals surface area contributed by atoms with Gasteiger partial charge >= 0.3 is 0 Å². The van der Waals surface area contributed by atoms with Crippen molar-refractivity contribution in [2.75, 3.05) is 11.1 Å². The van der Waals surface area contributed by atoms with Crippen molar-refractivity contribution in [3.8, 4) is 6.07 Å². The van der Waals surface area contributed by atoms with Gasteiger partial charge in [-0.2, -0.15) is 22.1 Å². The Morgan fingerprint density at radius 2 is 2.67 bits per heavy atom. The van der Waals surface area contributed by atoms with Gasteiger partial charge in [-0.1, -0.05) is 0 Å². The van der Waals surface area contributed by atoms with E-state index in [0.717, 1.165) is 22.9 Å². The van der Waals surface area contributed by atoms with Crippen molar-refractivity contribution in [2.45, 2.75) is 11.8 Å². The number of nitrogens with zero attached hydrogens (tertiary/aromatic N) is 2. The normalized spacial score (nSPS) is 21.8. The van der Waals surface area contributed by atoms with Crippen LogP contribution in [0.25, 0.3) is 0 Å². The topological polar surface area (TPSA) is 64.5 Å². The van der Waals surface area contributed by atoms with Gasteiger partial charge in [0.2, 0.25) is 0 Å². The van der Waals surface area contributed by atoms with Gasteiger partial charge in [0.05, 0.1) is 12.3 Å². The van der Waals surface area contributed by atoms with Gasteiger partial charge in [-0.05, 0) is 0 Å². The molecule has 62 valence electrons. The van der Waals surface area contributed by atoms with Crippen molar-refractivity contribution in [3.05, 3.63) is 11.8 Å². The third-order valence-corrected chi connectivity index (χ3v) is 2.82. The summed E-state index contributed by atoms with van der Waals surface area (Å²) in [6.07, 6.45) is 1.80. The van der Waals surface area contributed by atoms with Crippen LogP contribution < -0.4 is 5.32 Å². The Morgan fingerprint density at radius 3 is 3.50 bits per heavy atom. The maximum atomic E-state index is 8.72. The first kappa shape index (κ1) is 7.50. The van der Waals surface area contributed by atoms with Crippen LogP contribution in [0.5, 0.6) is 0 Å². The predicted molar refractivity (Wildman–Crippen MR) is 47.8 cm³/mol. The van der Waals surface area contributed by atoms with Crippen LogP contribution in [-0.2, 0) is 5.75 Å². The zero-order valence-corrected chi connectivity index (χ0v) is 7.19. The fourth-order valence-corrected chi connectivity index (χ4v) is 2.07. The minimum Gasteiger partial charge on any atom is -0.354 e. The molecule has 0 spiro atoms. The minimum absolute atomic E-state index is 0.100. The molecule has 2 heterocycles. The van der Waals surface area contributed by atoms with Crippen LogP contribution in [0, 0.1) is 11.3 Å². The fourth-order valence-electron chi connectivity index (χ4n) is 1.12. The zero-order valence-electron chi connectivity index (χ0n) is 6.37. The van der Waals surface area contributed by atoms with E-state index in [9.17, 15) is 0 Å². The lowest BCUT2D eigenvalue weighted by Gasteiger charge is -2.05. The van der Waals surface area contributed by atoms with Crippen LogP contribution in [0.2, 0.25) is 0 Å². The molecule has 1 aliphatic rings. The van der Waals surface area contributed by atoms with Crippen molar-refractivity contribution in [2.24, 2.45) is 0 Å². The summed E-state index contributed by atoms with van der Waals surface area (Å²) in [5.74, 6) is 2.65. The number of thioether (sulfide) groups is 1. The molecule has 1 aromatic heterocycles. The van der Waals surface area contributed by atoms with E-state index in [2.05, 4.69) is 21.6 Å². The molecule has 1 aliphatic heterocycles. The van der Waals surface area contributed by atoms with E-state index in [1.165, 1.54) is 0 Å². The second-order valence-corrected chi connectivity index (χ2v) is 3.64. The number of rotatable bonds is 0. The first-order chi connectivity index (χ1) is 5.90. The van der Waals surface area contributed by atoms with Crippen molar-refractivity contribution in [1.29, 1.82) is 5.26 Å². The first-order valence-corrected chi connectivity index (χ1v) is 4.82. The summed E-state index contributed by atoms with van der Waals surface area (Å²) in [5.41, 5.74) is 1.15. The van der Waals surface area contributed by atoms with E-state index in [4.69, 9.17) is 5.26 Å². The Kier molecular flexibility index (Phi) is 1.92. The van der Waals surface area contributed by atoms with Gasteiger partial charge in [-0.3, -0.25) is 5.10 Å². The van der Waals surface area contributed by atoms with Crippen LogP contribution in [-0.4, -0.2) is 22.0 Å². The summed E-state index contributed by atoms with van der Waals surface area (Å²) in [6.45, 7) is 0. The van der Waals surface area contributed by atoms with Gasteiger partial charge in [0.15, 0.2) is 0 Å². The molecule has 0 aliphatic carbocycles. The average molecular weight is 180 g/mol. The standard InChI is InChI=1S/C7H8N4S/c8-1-6-4-12-3-5-2-9-11-7(5)10-6/h2,6H,3-4H2,(H2,9,10,11). The molecule has 5 heteroatoms. The number of nitriles is 1. The van der Waals surface area contributed by atoms with Crippen LogP contribution in [0.1, 0.15) is 5.56 Å². The summed E-state index contributed by atoms with van der Waals surface area (Å²) in [7, 11) is 0. The lowest BCUT2D eigenvalue weighted by atomic mass is 10.3. The van der Waals surface area contributed by atoms with E-state index >= 15 is 0 Å². The van der Waals surface area contributed by atoms with E-state index in [1.807, 2.05) is 0 Å². The summed E-state index contributed by atoms with van der Waals surface area (Å²) >= 11 is 1.75. The van der Waals surface area contributed by atoms with Crippen molar-refractivity contribution >= 4 is 17.6 Å². The highest BCUT2D eigenvalue weighted by atomic mass is 32.2. The van der Waals surface area contributed by atoms with Crippen LogP contribution >= 0.6 is 11.8 Å². The van der Waals surface area contributed by atoms with Crippen molar-refractivity contribution in [1.82, 2.24) is 10.2 Å². The Labute approximate surface area is 74.3 Å². The molecular formula is C7H8N4S. The molecule has 2 rings (SSSR count). The number of hydrogen-bond acceptors (Lipinski definition) is 4. The smallest absolute Gasteiger partial charge is 0.126 e. The maximum Gasteiger partial charge on any atom is 0.126 e. The minimum atomic E-state index is -0.100. The second-order valence-electron chi connectivity index (χ2n) is 2.61. The highest BCUT2D eigenvalue weighted by molar-refractivity contribution is 7.98. The van der Waals surface area contributed by atoms with Gasteiger partial charge in [-0.15, -0.1) is 0 Å². The maximum absolute atomic E-state index is 8.72. The quantitative estimate of drug-likeness (QED) is 0.624. The number of aromatic nitrogens is 2. The van der Waals surface area contributed by atoms with Crippen molar-refractivity contribution < 1.29 is 0 Å². The Balaban J connectivity index is 2.25. The molecule has 0 saturated heterocycles. The monoisotopic (exact) mass is 180 g/mol. The molecule has 1 atom stereocenters. The number of anilines is 1. The molecule has 0 bridgehead atoms. The number of fused-ring (bicyclic) bond motifs is 1. The Hall–Kier alpha value is -1.15.